The zero-order valence-corrected chi connectivity index (χ0v) is 7.75. The van der Waals surface area contributed by atoms with Crippen molar-refractivity contribution in [2.24, 2.45) is 0 Å². The van der Waals surface area contributed by atoms with Crippen LogP contribution in [0.3, 0.4) is 0 Å². The lowest BCUT2D eigenvalue weighted by Crippen LogP contribution is -1.95. The first-order chi connectivity index (χ1) is 6.68. The molecule has 6 heteroatoms. The summed E-state index contributed by atoms with van der Waals surface area (Å²) in [6.07, 6.45) is 0. The molecule has 14 heavy (non-hydrogen) atoms. The number of nitrogens with two attached hydrogens (primary N) is 1. The Hall–Kier alpha value is -1.82. The van der Waals surface area contributed by atoms with Crippen LogP contribution < -0.4 is 5.73 Å². The molecular weight excluding hydrogens is 204 g/mol. The molecule has 0 amide bonds. The van der Waals surface area contributed by atoms with Gasteiger partial charge in [-0.3, -0.25) is 0 Å². The van der Waals surface area contributed by atoms with Crippen LogP contribution in [0.5, 0.6) is 0 Å². The van der Waals surface area contributed by atoms with E-state index in [-0.39, 0.29) is 17.5 Å². The van der Waals surface area contributed by atoms with E-state index in [9.17, 15) is 4.79 Å². The van der Waals surface area contributed by atoms with Crippen LogP contribution >= 0.6 is 11.3 Å². The van der Waals surface area contributed by atoms with Gasteiger partial charge in [0, 0.05) is 0 Å². The van der Waals surface area contributed by atoms with Gasteiger partial charge in [0.2, 0.25) is 5.76 Å². The smallest absolute Gasteiger partial charge is 0.374 e. The number of rotatable bonds is 2. The molecule has 0 saturated heterocycles. The Balaban J connectivity index is 2.58. The quantitative estimate of drug-likeness (QED) is 0.787. The number of nitrogens with zero attached hydrogens (tertiary/aromatic N) is 1. The van der Waals surface area contributed by atoms with E-state index in [0.717, 1.165) is 4.88 Å². The number of oxazole rings is 1. The van der Waals surface area contributed by atoms with E-state index in [1.807, 2.05) is 5.38 Å². The first-order valence-corrected chi connectivity index (χ1v) is 4.60. The van der Waals surface area contributed by atoms with E-state index in [4.69, 9.17) is 15.3 Å². The fraction of sp³-hybridized carbons (Fsp3) is 0. The topological polar surface area (TPSA) is 89.3 Å². The normalized spacial score (nSPS) is 10.3. The highest BCUT2D eigenvalue weighted by atomic mass is 32.1. The third kappa shape index (κ3) is 1.35. The minimum absolute atomic E-state index is 0.134. The molecule has 0 radical (unpaired) electrons. The summed E-state index contributed by atoms with van der Waals surface area (Å²) in [5.74, 6) is -1.39. The van der Waals surface area contributed by atoms with Gasteiger partial charge in [-0.05, 0) is 11.4 Å². The standard InChI is InChI=1S/C8H6N2O3S/c9-8-10-5(4-2-1-3-14-4)6(13-8)7(11)12/h1-3H,(H2,9,10)(H,11,12). The minimum Gasteiger partial charge on any atom is -0.475 e. The molecule has 0 aliphatic rings. The lowest BCUT2D eigenvalue weighted by atomic mass is 10.3. The van der Waals surface area contributed by atoms with Crippen molar-refractivity contribution in [3.63, 3.8) is 0 Å². The SMILES string of the molecule is Nc1nc(-c2cccs2)c(C(=O)O)o1. The van der Waals surface area contributed by atoms with E-state index in [1.54, 1.807) is 12.1 Å². The summed E-state index contributed by atoms with van der Waals surface area (Å²) in [4.78, 5) is 15.3. The molecule has 2 aromatic heterocycles. The summed E-state index contributed by atoms with van der Waals surface area (Å²) >= 11 is 1.38. The highest BCUT2D eigenvalue weighted by Gasteiger charge is 2.20. The van der Waals surface area contributed by atoms with E-state index in [1.165, 1.54) is 11.3 Å². The van der Waals surface area contributed by atoms with Crippen molar-refractivity contribution in [1.82, 2.24) is 4.98 Å². The zero-order valence-electron chi connectivity index (χ0n) is 6.93. The van der Waals surface area contributed by atoms with Crippen LogP contribution in [0, 0.1) is 0 Å². The number of hydrogen-bond donors (Lipinski definition) is 2. The average Bonchev–Trinajstić information content (AvgIpc) is 2.70. The Bertz CT molecular complexity index is 461. The second-order valence-electron chi connectivity index (χ2n) is 2.51. The van der Waals surface area contributed by atoms with E-state index >= 15 is 0 Å². The maximum Gasteiger partial charge on any atom is 0.374 e. The van der Waals surface area contributed by atoms with Crippen LogP contribution in [-0.4, -0.2) is 16.1 Å². The Morgan fingerprint density at radius 2 is 2.43 bits per heavy atom. The van der Waals surface area contributed by atoms with E-state index < -0.39 is 5.97 Å². The summed E-state index contributed by atoms with van der Waals surface area (Å²) < 4.78 is 4.77. The lowest BCUT2D eigenvalue weighted by molar-refractivity contribution is 0.0665. The van der Waals surface area contributed by atoms with Gasteiger partial charge in [0.25, 0.3) is 6.01 Å². The van der Waals surface area contributed by atoms with Crippen LogP contribution in [0.25, 0.3) is 10.6 Å². The zero-order chi connectivity index (χ0) is 10.1. The van der Waals surface area contributed by atoms with Gasteiger partial charge in [-0.2, -0.15) is 4.98 Å². The van der Waals surface area contributed by atoms with Gasteiger partial charge in [-0.25, -0.2) is 4.79 Å². The molecular formula is C8H6N2O3S. The third-order valence-corrected chi connectivity index (χ3v) is 2.47. The molecule has 0 aliphatic carbocycles. The molecule has 2 heterocycles. The number of aromatic nitrogens is 1. The number of nitrogen functional groups attached to an aromatic ring is 1. The van der Waals surface area contributed by atoms with Gasteiger partial charge in [0.15, 0.2) is 0 Å². The highest BCUT2D eigenvalue weighted by Crippen LogP contribution is 2.28. The molecule has 0 spiro atoms. The van der Waals surface area contributed by atoms with Crippen LogP contribution in [0.2, 0.25) is 0 Å². The first-order valence-electron chi connectivity index (χ1n) is 3.72. The summed E-state index contributed by atoms with van der Waals surface area (Å²) in [6, 6.07) is 3.43. The lowest BCUT2D eigenvalue weighted by Gasteiger charge is -1.90. The van der Waals surface area contributed by atoms with Gasteiger partial charge < -0.3 is 15.3 Å². The van der Waals surface area contributed by atoms with Crippen molar-refractivity contribution >= 4 is 23.3 Å². The highest BCUT2D eigenvalue weighted by molar-refractivity contribution is 7.13. The Labute approximate surface area is 82.8 Å². The number of carbonyl (C=O) groups is 1. The van der Waals surface area contributed by atoms with Crippen LogP contribution in [0.4, 0.5) is 6.01 Å². The largest absolute Gasteiger partial charge is 0.475 e. The van der Waals surface area contributed by atoms with Crippen molar-refractivity contribution < 1.29 is 14.3 Å². The fourth-order valence-electron chi connectivity index (χ4n) is 1.06. The Kier molecular flexibility index (Phi) is 1.97. The molecule has 0 aromatic carbocycles. The molecule has 0 aliphatic heterocycles. The fourth-order valence-corrected chi connectivity index (χ4v) is 1.77. The van der Waals surface area contributed by atoms with Gasteiger partial charge in [-0.1, -0.05) is 6.07 Å². The number of carboxylic acid groups (broad SMARTS) is 1. The maximum absolute atomic E-state index is 10.7. The summed E-state index contributed by atoms with van der Waals surface area (Å²) in [5.41, 5.74) is 5.57. The van der Waals surface area contributed by atoms with Gasteiger partial charge in [0.1, 0.15) is 5.69 Å². The summed E-state index contributed by atoms with van der Waals surface area (Å²) in [6.45, 7) is 0. The van der Waals surface area contributed by atoms with Crippen molar-refractivity contribution in [3.8, 4) is 10.6 Å². The Morgan fingerprint density at radius 1 is 1.64 bits per heavy atom. The molecule has 5 nitrogen and oxygen atoms in total. The van der Waals surface area contributed by atoms with Gasteiger partial charge >= 0.3 is 5.97 Å². The average molecular weight is 210 g/mol. The van der Waals surface area contributed by atoms with Crippen LogP contribution in [-0.2, 0) is 0 Å². The van der Waals surface area contributed by atoms with E-state index in [2.05, 4.69) is 4.98 Å². The molecule has 72 valence electrons. The summed E-state index contributed by atoms with van der Waals surface area (Å²) in [7, 11) is 0. The molecule has 0 unspecified atom stereocenters. The molecule has 2 aromatic rings. The van der Waals surface area contributed by atoms with Crippen molar-refractivity contribution in [2.45, 2.75) is 0 Å². The third-order valence-electron chi connectivity index (χ3n) is 1.59. The Morgan fingerprint density at radius 3 is 3.00 bits per heavy atom. The number of thiophene rings is 1. The predicted molar refractivity (Wildman–Crippen MR) is 51.2 cm³/mol. The molecule has 0 atom stereocenters. The second-order valence-corrected chi connectivity index (χ2v) is 3.46. The van der Waals surface area contributed by atoms with Gasteiger partial charge in [0.05, 0.1) is 4.88 Å². The molecule has 2 rings (SSSR count). The number of aromatic carboxylic acids is 1. The maximum atomic E-state index is 10.7. The van der Waals surface area contributed by atoms with Crippen molar-refractivity contribution in [2.75, 3.05) is 5.73 Å². The predicted octanol–water partition coefficient (Wildman–Crippen LogP) is 1.68. The molecule has 0 saturated carbocycles. The van der Waals surface area contributed by atoms with Crippen LogP contribution in [0.1, 0.15) is 10.6 Å². The number of anilines is 1. The van der Waals surface area contributed by atoms with Crippen LogP contribution in [0.15, 0.2) is 21.9 Å². The molecule has 0 fully saturated rings. The summed E-state index contributed by atoms with van der Waals surface area (Å²) in [5, 5.41) is 10.6. The monoisotopic (exact) mass is 210 g/mol. The molecule has 3 N–H and O–H groups in total. The van der Waals surface area contributed by atoms with Crippen molar-refractivity contribution in [3.05, 3.63) is 23.3 Å². The molecule has 0 bridgehead atoms. The second kappa shape index (κ2) is 3.15. The number of carboxylic acids is 1. The van der Waals surface area contributed by atoms with Gasteiger partial charge in [-0.15, -0.1) is 11.3 Å². The minimum atomic E-state index is -1.17. The van der Waals surface area contributed by atoms with Crippen molar-refractivity contribution in [1.29, 1.82) is 0 Å². The first kappa shape index (κ1) is 8.76. The number of hydrogen-bond acceptors (Lipinski definition) is 5. The van der Waals surface area contributed by atoms with E-state index in [0.29, 0.717) is 0 Å².